The highest BCUT2D eigenvalue weighted by Crippen LogP contribution is 2.33. The molecule has 144 valence electrons. The molecule has 1 aromatic heterocycles. The Morgan fingerprint density at radius 1 is 0.828 bits per heavy atom. The normalized spacial score (nSPS) is 15.4. The largest absolute Gasteiger partial charge is 0.489 e. The summed E-state index contributed by atoms with van der Waals surface area (Å²) in [6, 6.07) is 28.3. The van der Waals surface area contributed by atoms with E-state index in [4.69, 9.17) is 19.2 Å². The minimum Gasteiger partial charge on any atom is -0.489 e. The minimum absolute atomic E-state index is 0.432. The van der Waals surface area contributed by atoms with Gasteiger partial charge in [0.05, 0.1) is 18.7 Å². The number of para-hydroxylation sites is 1. The van der Waals surface area contributed by atoms with Crippen molar-refractivity contribution in [2.24, 2.45) is 0 Å². The van der Waals surface area contributed by atoms with E-state index in [9.17, 15) is 0 Å². The highest BCUT2D eigenvalue weighted by atomic mass is 16.7. The third-order valence-corrected chi connectivity index (χ3v) is 5.00. The smallest absolute Gasteiger partial charge is 0.202 e. The van der Waals surface area contributed by atoms with Gasteiger partial charge in [0.2, 0.25) is 6.29 Å². The Morgan fingerprint density at radius 3 is 2.59 bits per heavy atom. The summed E-state index contributed by atoms with van der Waals surface area (Å²) < 4.78 is 17.8. The van der Waals surface area contributed by atoms with E-state index in [-0.39, 0.29) is 0 Å². The van der Waals surface area contributed by atoms with Crippen LogP contribution in [0.4, 0.5) is 0 Å². The van der Waals surface area contributed by atoms with Gasteiger partial charge >= 0.3 is 0 Å². The fourth-order valence-corrected chi connectivity index (χ4v) is 3.50. The first-order chi connectivity index (χ1) is 14.3. The van der Waals surface area contributed by atoms with Gasteiger partial charge in [0, 0.05) is 10.9 Å². The first-order valence-corrected chi connectivity index (χ1v) is 9.72. The zero-order chi connectivity index (χ0) is 19.5. The molecule has 29 heavy (non-hydrogen) atoms. The maximum atomic E-state index is 6.04. The van der Waals surface area contributed by atoms with Gasteiger partial charge < -0.3 is 14.2 Å². The van der Waals surface area contributed by atoms with Gasteiger partial charge in [0.25, 0.3) is 0 Å². The second kappa shape index (κ2) is 8.03. The van der Waals surface area contributed by atoms with Crippen LogP contribution >= 0.6 is 0 Å². The number of rotatable bonds is 6. The quantitative estimate of drug-likeness (QED) is 0.437. The van der Waals surface area contributed by atoms with Crippen LogP contribution in [-0.2, 0) is 29.3 Å². The molecule has 5 rings (SSSR count). The Bertz CT molecular complexity index is 1130. The number of fused-ring (bicyclic) bond motifs is 2. The van der Waals surface area contributed by atoms with Crippen molar-refractivity contribution in [1.82, 2.24) is 4.98 Å². The molecule has 4 heteroatoms. The van der Waals surface area contributed by atoms with Crippen LogP contribution in [0.25, 0.3) is 10.9 Å². The summed E-state index contributed by atoms with van der Waals surface area (Å²) >= 11 is 0. The maximum absolute atomic E-state index is 6.04. The van der Waals surface area contributed by atoms with Gasteiger partial charge in [-0.15, -0.1) is 0 Å². The van der Waals surface area contributed by atoms with Gasteiger partial charge in [-0.2, -0.15) is 0 Å². The van der Waals surface area contributed by atoms with E-state index in [0.717, 1.165) is 39.0 Å². The van der Waals surface area contributed by atoms with Gasteiger partial charge in [-0.3, -0.25) is 0 Å². The highest BCUT2D eigenvalue weighted by Gasteiger charge is 2.26. The second-order valence-electron chi connectivity index (χ2n) is 7.10. The molecule has 0 saturated heterocycles. The van der Waals surface area contributed by atoms with E-state index in [1.54, 1.807) is 0 Å². The molecule has 0 amide bonds. The third kappa shape index (κ3) is 3.99. The summed E-state index contributed by atoms with van der Waals surface area (Å²) in [6.45, 7) is 1.50. The van der Waals surface area contributed by atoms with E-state index >= 15 is 0 Å². The Labute approximate surface area is 169 Å². The molecule has 1 unspecified atom stereocenters. The van der Waals surface area contributed by atoms with E-state index in [2.05, 4.69) is 24.3 Å². The lowest BCUT2D eigenvalue weighted by Crippen LogP contribution is -2.05. The lowest BCUT2D eigenvalue weighted by molar-refractivity contribution is -0.147. The Hall–Kier alpha value is -3.21. The van der Waals surface area contributed by atoms with Crippen molar-refractivity contribution in [2.45, 2.75) is 26.1 Å². The average molecular weight is 383 g/mol. The third-order valence-electron chi connectivity index (χ3n) is 5.00. The standard InChI is InChI=1S/C25H21NO3/c1-2-7-18(8-3-1)15-27-22-11-6-9-19(13-22)16-28-25-24-21(17-29-25)14-20-10-4-5-12-23(20)26-24/h1-14,25H,15-17H2. The van der Waals surface area contributed by atoms with Crippen LogP contribution in [0, 0.1) is 0 Å². The molecule has 0 bridgehead atoms. The van der Waals surface area contributed by atoms with Crippen LogP contribution in [0.1, 0.15) is 28.7 Å². The highest BCUT2D eigenvalue weighted by molar-refractivity contribution is 5.79. The molecular weight excluding hydrogens is 362 g/mol. The molecule has 4 aromatic rings. The number of ether oxygens (including phenoxy) is 3. The first kappa shape index (κ1) is 17.9. The van der Waals surface area contributed by atoms with E-state index in [1.807, 2.05) is 60.7 Å². The number of pyridine rings is 1. The predicted octanol–water partition coefficient (Wildman–Crippen LogP) is 5.56. The minimum atomic E-state index is -0.441. The van der Waals surface area contributed by atoms with Crippen LogP contribution in [0.2, 0.25) is 0 Å². The second-order valence-corrected chi connectivity index (χ2v) is 7.10. The van der Waals surface area contributed by atoms with E-state index in [1.165, 1.54) is 0 Å². The van der Waals surface area contributed by atoms with E-state index in [0.29, 0.717) is 19.8 Å². The summed E-state index contributed by atoms with van der Waals surface area (Å²) in [5, 5.41) is 1.12. The number of hydrogen-bond donors (Lipinski definition) is 0. The molecule has 4 nitrogen and oxygen atoms in total. The predicted molar refractivity (Wildman–Crippen MR) is 111 cm³/mol. The molecule has 1 aliphatic rings. The zero-order valence-electron chi connectivity index (χ0n) is 16.0. The van der Waals surface area contributed by atoms with Gasteiger partial charge in [-0.05, 0) is 35.4 Å². The molecule has 1 atom stereocenters. The summed E-state index contributed by atoms with van der Waals surface area (Å²) in [7, 11) is 0. The topological polar surface area (TPSA) is 40.6 Å². The lowest BCUT2D eigenvalue weighted by Gasteiger charge is -2.13. The Morgan fingerprint density at radius 2 is 1.66 bits per heavy atom. The van der Waals surface area contributed by atoms with Gasteiger partial charge in [-0.25, -0.2) is 4.98 Å². The number of hydrogen-bond acceptors (Lipinski definition) is 4. The molecule has 0 fully saturated rings. The summed E-state index contributed by atoms with van der Waals surface area (Å²) in [5.41, 5.74) is 5.10. The average Bonchev–Trinajstić information content (AvgIpc) is 3.17. The number of benzene rings is 3. The fourth-order valence-electron chi connectivity index (χ4n) is 3.50. The van der Waals surface area contributed by atoms with Crippen molar-refractivity contribution < 1.29 is 14.2 Å². The molecular formula is C25H21NO3. The summed E-state index contributed by atoms with van der Waals surface area (Å²) in [6.07, 6.45) is -0.441. The van der Waals surface area contributed by atoms with Crippen LogP contribution < -0.4 is 4.74 Å². The number of nitrogens with zero attached hydrogens (tertiary/aromatic N) is 1. The Balaban J connectivity index is 1.25. The van der Waals surface area contributed by atoms with Crippen LogP contribution in [0.5, 0.6) is 5.75 Å². The lowest BCUT2D eigenvalue weighted by atomic mass is 10.1. The maximum Gasteiger partial charge on any atom is 0.202 e. The van der Waals surface area contributed by atoms with Crippen molar-refractivity contribution in [1.29, 1.82) is 0 Å². The van der Waals surface area contributed by atoms with Crippen molar-refractivity contribution in [3.63, 3.8) is 0 Å². The molecule has 0 radical (unpaired) electrons. The van der Waals surface area contributed by atoms with Gasteiger partial charge in [-0.1, -0.05) is 60.7 Å². The zero-order valence-corrected chi connectivity index (χ0v) is 16.0. The van der Waals surface area contributed by atoms with E-state index < -0.39 is 6.29 Å². The molecule has 0 N–H and O–H groups in total. The molecule has 2 heterocycles. The fraction of sp³-hybridized carbons (Fsp3) is 0.160. The van der Waals surface area contributed by atoms with Crippen molar-refractivity contribution in [3.05, 3.63) is 107 Å². The molecule has 1 aliphatic heterocycles. The summed E-state index contributed by atoms with van der Waals surface area (Å²) in [4.78, 5) is 4.76. The molecule has 0 saturated carbocycles. The Kier molecular flexibility index (Phi) is 4.95. The molecule has 3 aromatic carbocycles. The number of aromatic nitrogens is 1. The summed E-state index contributed by atoms with van der Waals surface area (Å²) in [5.74, 6) is 0.826. The van der Waals surface area contributed by atoms with Crippen molar-refractivity contribution in [3.8, 4) is 5.75 Å². The van der Waals surface area contributed by atoms with Crippen molar-refractivity contribution in [2.75, 3.05) is 0 Å². The first-order valence-electron chi connectivity index (χ1n) is 9.72. The van der Waals surface area contributed by atoms with Crippen LogP contribution in [0.15, 0.2) is 84.9 Å². The SMILES string of the molecule is c1ccc(COc2cccc(COC3OCc4cc5ccccc5nc43)c2)cc1. The van der Waals surface area contributed by atoms with Crippen molar-refractivity contribution >= 4 is 10.9 Å². The van der Waals surface area contributed by atoms with Gasteiger partial charge in [0.15, 0.2) is 0 Å². The van der Waals surface area contributed by atoms with Crippen LogP contribution in [-0.4, -0.2) is 4.98 Å². The van der Waals surface area contributed by atoms with Crippen LogP contribution in [0.3, 0.4) is 0 Å². The monoisotopic (exact) mass is 383 g/mol. The molecule has 0 spiro atoms. The molecule has 0 aliphatic carbocycles. The van der Waals surface area contributed by atoms with Gasteiger partial charge in [0.1, 0.15) is 18.1 Å².